The molecule has 7 heteroatoms. The molecular formula is C14H30I2N2O2S. The van der Waals surface area contributed by atoms with Crippen LogP contribution in [0.5, 0.6) is 0 Å². The molecule has 0 aromatic heterocycles. The van der Waals surface area contributed by atoms with Crippen molar-refractivity contribution < 1.29 is 66.4 Å². The van der Waals surface area contributed by atoms with Gasteiger partial charge in [0.15, 0.2) is 0 Å². The number of nitrogens with zero attached hydrogens (tertiary/aromatic N) is 2. The summed E-state index contributed by atoms with van der Waals surface area (Å²) < 4.78 is 13.3. The number of hydrogen-bond donors (Lipinski definition) is 0. The third-order valence-corrected chi connectivity index (χ3v) is 5.60. The fourth-order valence-electron chi connectivity index (χ4n) is 2.69. The zero-order chi connectivity index (χ0) is 13.6. The van der Waals surface area contributed by atoms with Gasteiger partial charge in [-0.3, -0.25) is 0 Å². The van der Waals surface area contributed by atoms with Gasteiger partial charge in [-0.15, -0.1) is 0 Å². The lowest BCUT2D eigenvalue weighted by Crippen LogP contribution is -3.00. The van der Waals surface area contributed by atoms with Gasteiger partial charge in [0.2, 0.25) is 0 Å². The first-order valence-corrected chi connectivity index (χ1v) is 8.68. The molecule has 0 aliphatic carbocycles. The molecule has 0 amide bonds. The minimum absolute atomic E-state index is 0. The number of hydrogen-bond acceptors (Lipinski definition) is 3. The number of rotatable bonds is 6. The van der Waals surface area contributed by atoms with E-state index >= 15 is 0 Å². The lowest BCUT2D eigenvalue weighted by atomic mass is 10.3. The standard InChI is InChI=1S/C14H30N2O2S.2HI/c1-15(3-9-17-10-4-15)7-13-19-14-8-16(2)5-11-18-12-6-16;;/h3-14H2,1-2H3;2*1H/q+2;;/p-2. The van der Waals surface area contributed by atoms with Crippen LogP contribution < -0.4 is 48.0 Å². The Balaban J connectivity index is 0.00000200. The Morgan fingerprint density at radius 2 is 1.05 bits per heavy atom. The second-order valence-electron chi connectivity index (χ2n) is 6.42. The van der Waals surface area contributed by atoms with E-state index in [0.717, 1.165) is 26.4 Å². The zero-order valence-corrected chi connectivity index (χ0v) is 18.5. The highest BCUT2D eigenvalue weighted by Gasteiger charge is 2.26. The summed E-state index contributed by atoms with van der Waals surface area (Å²) in [6.45, 7) is 11.1. The molecule has 0 spiro atoms. The first-order chi connectivity index (χ1) is 9.12. The highest BCUT2D eigenvalue weighted by Crippen LogP contribution is 2.13. The van der Waals surface area contributed by atoms with Crippen molar-refractivity contribution in [3.05, 3.63) is 0 Å². The van der Waals surface area contributed by atoms with Gasteiger partial charge in [0.25, 0.3) is 0 Å². The highest BCUT2D eigenvalue weighted by molar-refractivity contribution is 7.99. The van der Waals surface area contributed by atoms with Crippen LogP contribution in [0.2, 0.25) is 0 Å². The Morgan fingerprint density at radius 1 is 0.714 bits per heavy atom. The summed E-state index contributed by atoms with van der Waals surface area (Å²) >= 11 is 2.12. The van der Waals surface area contributed by atoms with Crippen molar-refractivity contribution in [3.63, 3.8) is 0 Å². The largest absolute Gasteiger partial charge is 1.00 e. The van der Waals surface area contributed by atoms with Crippen LogP contribution in [0.15, 0.2) is 0 Å². The Bertz CT molecular complexity index is 248. The molecular weight excluding hydrogens is 514 g/mol. The second-order valence-corrected chi connectivity index (χ2v) is 7.64. The molecule has 0 radical (unpaired) electrons. The molecule has 0 aromatic rings. The van der Waals surface area contributed by atoms with Crippen molar-refractivity contribution >= 4 is 11.8 Å². The average Bonchev–Trinajstić information content (AvgIpc) is 2.40. The quantitative estimate of drug-likeness (QED) is 0.189. The molecule has 0 N–H and O–H groups in total. The average molecular weight is 544 g/mol. The monoisotopic (exact) mass is 544 g/mol. The fourth-order valence-corrected chi connectivity index (χ4v) is 4.03. The molecule has 4 nitrogen and oxygen atoms in total. The lowest BCUT2D eigenvalue weighted by Gasteiger charge is -2.38. The molecule has 0 bridgehead atoms. The number of thioether (sulfide) groups is 1. The van der Waals surface area contributed by atoms with Gasteiger partial charge in [0, 0.05) is 11.5 Å². The second kappa shape index (κ2) is 11.2. The van der Waals surface area contributed by atoms with E-state index in [2.05, 4.69) is 25.9 Å². The molecule has 2 saturated heterocycles. The maximum absolute atomic E-state index is 5.45. The summed E-state index contributed by atoms with van der Waals surface area (Å²) in [6.07, 6.45) is 0. The number of morpholine rings is 2. The topological polar surface area (TPSA) is 18.5 Å². The smallest absolute Gasteiger partial charge is 0.102 e. The summed E-state index contributed by atoms with van der Waals surface area (Å²) in [5, 5.41) is 0. The van der Waals surface area contributed by atoms with Crippen LogP contribution >= 0.6 is 11.8 Å². The van der Waals surface area contributed by atoms with Gasteiger partial charge < -0.3 is 66.4 Å². The van der Waals surface area contributed by atoms with Gasteiger partial charge in [0.05, 0.1) is 53.6 Å². The van der Waals surface area contributed by atoms with Crippen LogP contribution in [0.3, 0.4) is 0 Å². The van der Waals surface area contributed by atoms with Gasteiger partial charge >= 0.3 is 0 Å². The fraction of sp³-hybridized carbons (Fsp3) is 1.00. The normalized spacial score (nSPS) is 23.7. The molecule has 21 heavy (non-hydrogen) atoms. The molecule has 2 rings (SSSR count). The maximum atomic E-state index is 5.45. The summed E-state index contributed by atoms with van der Waals surface area (Å²) in [4.78, 5) is 0. The predicted octanol–water partition coefficient (Wildman–Crippen LogP) is -5.32. The van der Waals surface area contributed by atoms with Gasteiger partial charge in [-0.25, -0.2) is 0 Å². The van der Waals surface area contributed by atoms with Crippen molar-refractivity contribution in [3.8, 4) is 0 Å². The molecule has 0 atom stereocenters. The maximum Gasteiger partial charge on any atom is 0.102 e. The van der Waals surface area contributed by atoms with E-state index in [4.69, 9.17) is 9.47 Å². The number of ether oxygens (including phenoxy) is 2. The van der Waals surface area contributed by atoms with E-state index in [1.807, 2.05) is 0 Å². The van der Waals surface area contributed by atoms with Crippen LogP contribution in [0, 0.1) is 0 Å². The lowest BCUT2D eigenvalue weighted by molar-refractivity contribution is -0.915. The van der Waals surface area contributed by atoms with Crippen LogP contribution in [-0.2, 0) is 9.47 Å². The first kappa shape index (κ1) is 22.6. The molecule has 0 aromatic carbocycles. The van der Waals surface area contributed by atoms with Crippen molar-refractivity contribution in [1.82, 2.24) is 0 Å². The van der Waals surface area contributed by atoms with E-state index in [1.165, 1.54) is 59.7 Å². The molecule has 2 aliphatic heterocycles. The number of quaternary nitrogens is 2. The van der Waals surface area contributed by atoms with E-state index in [0.29, 0.717) is 0 Å². The zero-order valence-electron chi connectivity index (χ0n) is 13.4. The van der Waals surface area contributed by atoms with Crippen LogP contribution in [0.4, 0.5) is 0 Å². The van der Waals surface area contributed by atoms with Crippen molar-refractivity contribution in [1.29, 1.82) is 0 Å². The van der Waals surface area contributed by atoms with Crippen molar-refractivity contribution in [2.75, 3.05) is 91.3 Å². The van der Waals surface area contributed by atoms with Gasteiger partial charge in [-0.2, -0.15) is 11.8 Å². The number of halogens is 2. The molecule has 0 unspecified atom stereocenters. The van der Waals surface area contributed by atoms with Crippen LogP contribution in [0.1, 0.15) is 0 Å². The third kappa shape index (κ3) is 8.35. The van der Waals surface area contributed by atoms with Gasteiger partial charge in [0.1, 0.15) is 26.2 Å². The SMILES string of the molecule is C[N+]1(CCSCC[N+]2(C)CCOCC2)CCOCC1.[I-].[I-]. The Labute approximate surface area is 168 Å². The molecule has 2 heterocycles. The summed E-state index contributed by atoms with van der Waals surface area (Å²) in [7, 11) is 4.75. The third-order valence-electron chi connectivity index (χ3n) is 4.65. The minimum atomic E-state index is 0. The summed E-state index contributed by atoms with van der Waals surface area (Å²) in [5.74, 6) is 2.57. The highest BCUT2D eigenvalue weighted by atomic mass is 127. The van der Waals surface area contributed by atoms with E-state index in [-0.39, 0.29) is 48.0 Å². The minimum Gasteiger partial charge on any atom is -1.00 e. The van der Waals surface area contributed by atoms with E-state index in [1.54, 1.807) is 0 Å². The Morgan fingerprint density at radius 3 is 1.38 bits per heavy atom. The Kier molecular flexibility index (Phi) is 12.1. The molecule has 0 saturated carbocycles. The molecule has 2 aliphatic rings. The summed E-state index contributed by atoms with van der Waals surface area (Å²) in [6, 6.07) is 0. The first-order valence-electron chi connectivity index (χ1n) is 7.52. The number of likely N-dealkylation sites (N-methyl/N-ethyl adjacent to an activating group) is 2. The van der Waals surface area contributed by atoms with E-state index in [9.17, 15) is 0 Å². The molecule has 128 valence electrons. The van der Waals surface area contributed by atoms with Crippen LogP contribution in [-0.4, -0.2) is 100 Å². The van der Waals surface area contributed by atoms with Gasteiger partial charge in [-0.1, -0.05) is 0 Å². The predicted molar refractivity (Wildman–Crippen MR) is 80.5 cm³/mol. The van der Waals surface area contributed by atoms with E-state index < -0.39 is 0 Å². The molecule has 2 fully saturated rings. The van der Waals surface area contributed by atoms with Crippen molar-refractivity contribution in [2.24, 2.45) is 0 Å². The van der Waals surface area contributed by atoms with Crippen molar-refractivity contribution in [2.45, 2.75) is 0 Å². The summed E-state index contributed by atoms with van der Waals surface area (Å²) in [5.41, 5.74) is 0. The Hall–Kier alpha value is 1.65. The van der Waals surface area contributed by atoms with Gasteiger partial charge in [-0.05, 0) is 0 Å². The van der Waals surface area contributed by atoms with Crippen LogP contribution in [0.25, 0.3) is 0 Å².